The molecule has 0 N–H and O–H groups in total. The first kappa shape index (κ1) is 18.2. The Morgan fingerprint density at radius 1 is 1.07 bits per heavy atom. The predicted molar refractivity (Wildman–Crippen MR) is 108 cm³/mol. The summed E-state index contributed by atoms with van der Waals surface area (Å²) in [4.78, 5) is 26.2. The molecule has 0 unspecified atom stereocenters. The number of hydrogen-bond acceptors (Lipinski definition) is 4. The van der Waals surface area contributed by atoms with E-state index in [9.17, 15) is 14.0 Å². The first-order valence-electron chi connectivity index (χ1n) is 8.79. The minimum absolute atomic E-state index is 0.168. The lowest BCUT2D eigenvalue weighted by Gasteiger charge is -2.13. The van der Waals surface area contributed by atoms with Crippen molar-refractivity contribution in [3.05, 3.63) is 92.2 Å². The van der Waals surface area contributed by atoms with E-state index in [1.165, 1.54) is 28.0 Å². The van der Waals surface area contributed by atoms with Crippen LogP contribution in [-0.2, 0) is 6.54 Å². The van der Waals surface area contributed by atoms with Crippen molar-refractivity contribution < 1.29 is 9.13 Å². The number of fused-ring (bicyclic) bond motifs is 1. The van der Waals surface area contributed by atoms with E-state index < -0.39 is 5.69 Å². The number of rotatable bonds is 5. The molecule has 2 aromatic heterocycles. The zero-order valence-corrected chi connectivity index (χ0v) is 15.9. The summed E-state index contributed by atoms with van der Waals surface area (Å²) in [6.45, 7) is 2.58. The van der Waals surface area contributed by atoms with Gasteiger partial charge in [0.25, 0.3) is 5.56 Å². The molecule has 0 amide bonds. The van der Waals surface area contributed by atoms with Crippen LogP contribution in [0.1, 0.15) is 12.5 Å². The molecule has 0 radical (unpaired) electrons. The van der Waals surface area contributed by atoms with E-state index in [2.05, 4.69) is 0 Å². The van der Waals surface area contributed by atoms with E-state index in [0.29, 0.717) is 33.8 Å². The minimum Gasteiger partial charge on any atom is -0.494 e. The Hall–Kier alpha value is -3.19. The zero-order chi connectivity index (χ0) is 19.7. The molecule has 5 nitrogen and oxygen atoms in total. The topological polar surface area (TPSA) is 53.2 Å². The lowest BCUT2D eigenvalue weighted by molar-refractivity contribution is 0.340. The highest BCUT2D eigenvalue weighted by Crippen LogP contribution is 2.19. The van der Waals surface area contributed by atoms with E-state index in [-0.39, 0.29) is 17.9 Å². The predicted octanol–water partition coefficient (Wildman–Crippen LogP) is 3.80. The summed E-state index contributed by atoms with van der Waals surface area (Å²) < 4.78 is 22.1. The van der Waals surface area contributed by atoms with Crippen molar-refractivity contribution in [3.63, 3.8) is 0 Å². The summed E-state index contributed by atoms with van der Waals surface area (Å²) in [6.07, 6.45) is 0. The van der Waals surface area contributed by atoms with Gasteiger partial charge in [-0.15, -0.1) is 11.3 Å². The van der Waals surface area contributed by atoms with Gasteiger partial charge < -0.3 is 4.74 Å². The van der Waals surface area contributed by atoms with Crippen molar-refractivity contribution in [2.75, 3.05) is 6.61 Å². The number of hydrogen-bond donors (Lipinski definition) is 0. The normalized spacial score (nSPS) is 11.1. The van der Waals surface area contributed by atoms with Crippen molar-refractivity contribution in [1.29, 1.82) is 0 Å². The van der Waals surface area contributed by atoms with Crippen LogP contribution in [0.3, 0.4) is 0 Å². The van der Waals surface area contributed by atoms with Crippen LogP contribution in [0, 0.1) is 5.82 Å². The molecule has 4 rings (SSSR count). The van der Waals surface area contributed by atoms with Gasteiger partial charge in [0.1, 0.15) is 16.3 Å². The molecule has 7 heteroatoms. The van der Waals surface area contributed by atoms with Crippen molar-refractivity contribution in [3.8, 4) is 11.4 Å². The largest absolute Gasteiger partial charge is 0.494 e. The average molecular weight is 396 g/mol. The smallest absolute Gasteiger partial charge is 0.336 e. The standard InChI is InChI=1S/C21H17FN2O3S/c1-2-27-17-8-6-16(7-9-17)24-20(25)19-18(10-11-28-19)23(21(24)26)13-14-4-3-5-15(22)12-14/h3-12H,2,13H2,1H3. The molecular formula is C21H17FN2O3S. The molecule has 0 fully saturated rings. The molecule has 0 saturated heterocycles. The Balaban J connectivity index is 1.90. The van der Waals surface area contributed by atoms with Crippen molar-refractivity contribution in [2.24, 2.45) is 0 Å². The van der Waals surface area contributed by atoms with Crippen molar-refractivity contribution in [2.45, 2.75) is 13.5 Å². The zero-order valence-electron chi connectivity index (χ0n) is 15.1. The van der Waals surface area contributed by atoms with Gasteiger partial charge >= 0.3 is 5.69 Å². The Bertz CT molecular complexity index is 1260. The fourth-order valence-corrected chi connectivity index (χ4v) is 3.97. The molecule has 142 valence electrons. The summed E-state index contributed by atoms with van der Waals surface area (Å²) in [5.41, 5.74) is 0.818. The lowest BCUT2D eigenvalue weighted by atomic mass is 10.2. The van der Waals surface area contributed by atoms with Crippen LogP contribution in [0.25, 0.3) is 15.9 Å². The van der Waals surface area contributed by atoms with E-state index in [1.54, 1.807) is 47.8 Å². The first-order valence-corrected chi connectivity index (χ1v) is 9.67. The maximum atomic E-state index is 13.6. The Morgan fingerprint density at radius 3 is 2.57 bits per heavy atom. The number of halogens is 1. The van der Waals surface area contributed by atoms with Gasteiger partial charge in [-0.3, -0.25) is 9.36 Å². The third-order valence-electron chi connectivity index (χ3n) is 4.39. The fourth-order valence-electron chi connectivity index (χ4n) is 3.14. The van der Waals surface area contributed by atoms with E-state index >= 15 is 0 Å². The van der Waals surface area contributed by atoms with E-state index in [4.69, 9.17) is 4.74 Å². The highest BCUT2D eigenvalue weighted by molar-refractivity contribution is 7.17. The monoisotopic (exact) mass is 396 g/mol. The van der Waals surface area contributed by atoms with Crippen LogP contribution in [0.15, 0.2) is 69.6 Å². The second-order valence-corrected chi connectivity index (χ2v) is 7.12. The minimum atomic E-state index is -0.468. The van der Waals surface area contributed by atoms with Crippen LogP contribution < -0.4 is 16.0 Å². The summed E-state index contributed by atoms with van der Waals surface area (Å²) in [6, 6.07) is 14.6. The lowest BCUT2D eigenvalue weighted by Crippen LogP contribution is -2.38. The van der Waals surface area contributed by atoms with Gasteiger partial charge in [0, 0.05) is 0 Å². The second kappa shape index (κ2) is 7.44. The molecule has 2 aromatic carbocycles. The second-order valence-electron chi connectivity index (χ2n) is 6.20. The number of thiophene rings is 1. The molecule has 28 heavy (non-hydrogen) atoms. The van der Waals surface area contributed by atoms with Crippen molar-refractivity contribution >= 4 is 21.6 Å². The van der Waals surface area contributed by atoms with Gasteiger partial charge in [-0.05, 0) is 60.3 Å². The first-order chi connectivity index (χ1) is 13.6. The van der Waals surface area contributed by atoms with Crippen LogP contribution in [0.2, 0.25) is 0 Å². The van der Waals surface area contributed by atoms with Crippen LogP contribution >= 0.6 is 11.3 Å². The molecule has 0 aliphatic carbocycles. The molecular weight excluding hydrogens is 379 g/mol. The van der Waals surface area contributed by atoms with Crippen LogP contribution in [0.4, 0.5) is 4.39 Å². The quantitative estimate of drug-likeness (QED) is 0.516. The Labute approximate surface area is 163 Å². The van der Waals surface area contributed by atoms with Crippen LogP contribution in [-0.4, -0.2) is 15.7 Å². The molecule has 0 saturated carbocycles. The highest BCUT2D eigenvalue weighted by Gasteiger charge is 2.16. The highest BCUT2D eigenvalue weighted by atomic mass is 32.1. The fraction of sp³-hybridized carbons (Fsp3) is 0.143. The molecule has 0 bridgehead atoms. The Kier molecular flexibility index (Phi) is 4.83. The van der Waals surface area contributed by atoms with E-state index in [1.807, 2.05) is 6.92 Å². The summed E-state index contributed by atoms with van der Waals surface area (Å²) in [5.74, 6) is 0.295. The maximum Gasteiger partial charge on any atom is 0.336 e. The molecule has 0 spiro atoms. The number of aromatic nitrogens is 2. The molecule has 0 atom stereocenters. The number of nitrogens with zero attached hydrogens (tertiary/aromatic N) is 2. The average Bonchev–Trinajstić information content (AvgIpc) is 3.17. The molecule has 0 aliphatic heterocycles. The van der Waals surface area contributed by atoms with Crippen LogP contribution in [0.5, 0.6) is 5.75 Å². The summed E-state index contributed by atoms with van der Waals surface area (Å²) >= 11 is 1.28. The SMILES string of the molecule is CCOc1ccc(-n2c(=O)c3sccc3n(Cc3cccc(F)c3)c2=O)cc1. The van der Waals surface area contributed by atoms with Gasteiger partial charge in [0.15, 0.2) is 0 Å². The maximum absolute atomic E-state index is 13.6. The van der Waals surface area contributed by atoms with Gasteiger partial charge in [0.05, 0.1) is 24.4 Å². The van der Waals surface area contributed by atoms with Gasteiger partial charge in [-0.25, -0.2) is 13.8 Å². The summed E-state index contributed by atoms with van der Waals surface area (Å²) in [7, 11) is 0. The number of benzene rings is 2. The third-order valence-corrected chi connectivity index (χ3v) is 5.28. The Morgan fingerprint density at radius 2 is 1.86 bits per heavy atom. The van der Waals surface area contributed by atoms with Gasteiger partial charge in [-0.1, -0.05) is 12.1 Å². The molecule has 0 aliphatic rings. The number of ether oxygens (including phenoxy) is 1. The van der Waals surface area contributed by atoms with E-state index in [0.717, 1.165) is 4.57 Å². The molecule has 4 aromatic rings. The molecule has 2 heterocycles. The van der Waals surface area contributed by atoms with Gasteiger partial charge in [-0.2, -0.15) is 0 Å². The van der Waals surface area contributed by atoms with Gasteiger partial charge in [0.2, 0.25) is 0 Å². The summed E-state index contributed by atoms with van der Waals surface area (Å²) in [5, 5.41) is 1.77. The van der Waals surface area contributed by atoms with Crippen molar-refractivity contribution in [1.82, 2.24) is 9.13 Å². The third kappa shape index (κ3) is 3.25.